The predicted octanol–water partition coefficient (Wildman–Crippen LogP) is 4.29. The largest absolute Gasteiger partial charge is 0.460 e. The van der Waals surface area contributed by atoms with Crippen LogP contribution in [0.3, 0.4) is 0 Å². The van der Waals surface area contributed by atoms with Gasteiger partial charge in [0, 0.05) is 12.7 Å². The summed E-state index contributed by atoms with van der Waals surface area (Å²) in [5.41, 5.74) is 2.10. The minimum atomic E-state index is -0.531. The lowest BCUT2D eigenvalue weighted by molar-refractivity contribution is -0.144. The molecule has 1 fully saturated rings. The number of ether oxygens (including phenoxy) is 3. The van der Waals surface area contributed by atoms with Crippen molar-refractivity contribution < 1.29 is 23.4 Å². The van der Waals surface area contributed by atoms with Gasteiger partial charge in [-0.3, -0.25) is 4.79 Å². The van der Waals surface area contributed by atoms with Crippen LogP contribution in [0.25, 0.3) is 11.0 Å². The first-order valence-corrected chi connectivity index (χ1v) is 9.14. The van der Waals surface area contributed by atoms with Gasteiger partial charge in [0.05, 0.1) is 5.39 Å². The van der Waals surface area contributed by atoms with Gasteiger partial charge in [0.1, 0.15) is 23.3 Å². The van der Waals surface area contributed by atoms with Crippen LogP contribution in [0.5, 0.6) is 17.2 Å². The fourth-order valence-electron chi connectivity index (χ4n) is 3.29. The topological polar surface area (TPSA) is 75.0 Å². The fraction of sp³-hybridized carbons (Fsp3) is 0.273. The lowest BCUT2D eigenvalue weighted by Gasteiger charge is -2.10. The van der Waals surface area contributed by atoms with Crippen molar-refractivity contribution in [2.24, 2.45) is 0 Å². The molecule has 144 valence electrons. The molecule has 1 aliphatic heterocycles. The third-order valence-corrected chi connectivity index (χ3v) is 4.55. The summed E-state index contributed by atoms with van der Waals surface area (Å²) in [4.78, 5) is 24.8. The van der Waals surface area contributed by atoms with Crippen LogP contribution in [0, 0.1) is 13.8 Å². The van der Waals surface area contributed by atoms with Gasteiger partial charge in [0.15, 0.2) is 6.10 Å². The third-order valence-electron chi connectivity index (χ3n) is 4.55. The minimum absolute atomic E-state index is 0.0987. The van der Waals surface area contributed by atoms with Crippen molar-refractivity contribution in [3.05, 3.63) is 64.0 Å². The smallest absolute Gasteiger partial charge is 0.340 e. The number of benzene rings is 2. The van der Waals surface area contributed by atoms with E-state index in [1.807, 2.05) is 32.0 Å². The van der Waals surface area contributed by atoms with Crippen LogP contribution in [0.15, 0.2) is 51.9 Å². The average Bonchev–Trinajstić information content (AvgIpc) is 3.18. The molecule has 0 spiro atoms. The summed E-state index contributed by atoms with van der Waals surface area (Å²) < 4.78 is 21.9. The van der Waals surface area contributed by atoms with Crippen LogP contribution in [0.2, 0.25) is 0 Å². The Morgan fingerprint density at radius 3 is 2.57 bits per heavy atom. The Labute approximate surface area is 161 Å². The third kappa shape index (κ3) is 3.77. The number of carbonyl (C=O) groups excluding carboxylic acids is 1. The second-order valence-electron chi connectivity index (χ2n) is 6.94. The Kier molecular flexibility index (Phi) is 4.88. The SMILES string of the molecule is Cc1cc(C)cc(Oc2coc3cc(OC(=O)C4CCCO4)ccc3c2=O)c1. The molecule has 0 bridgehead atoms. The molecular formula is C22H20O6. The Morgan fingerprint density at radius 1 is 1.07 bits per heavy atom. The molecule has 0 N–H and O–H groups in total. The molecule has 2 heterocycles. The van der Waals surface area contributed by atoms with Crippen LogP contribution in [0.4, 0.5) is 0 Å². The number of fused-ring (bicyclic) bond motifs is 1. The lowest BCUT2D eigenvalue weighted by Crippen LogP contribution is -2.24. The molecule has 1 aromatic heterocycles. The molecule has 0 radical (unpaired) electrons. The van der Waals surface area contributed by atoms with E-state index < -0.39 is 12.1 Å². The van der Waals surface area contributed by atoms with E-state index in [2.05, 4.69) is 0 Å². The van der Waals surface area contributed by atoms with E-state index in [0.717, 1.165) is 17.5 Å². The second-order valence-corrected chi connectivity index (χ2v) is 6.94. The zero-order chi connectivity index (χ0) is 19.7. The van der Waals surface area contributed by atoms with E-state index in [0.29, 0.717) is 35.5 Å². The van der Waals surface area contributed by atoms with Gasteiger partial charge in [-0.2, -0.15) is 0 Å². The number of rotatable bonds is 4. The molecule has 2 aromatic carbocycles. The van der Waals surface area contributed by atoms with Gasteiger partial charge >= 0.3 is 5.97 Å². The summed E-state index contributed by atoms with van der Waals surface area (Å²) >= 11 is 0. The minimum Gasteiger partial charge on any atom is -0.460 e. The summed E-state index contributed by atoms with van der Waals surface area (Å²) in [6, 6.07) is 10.4. The maximum Gasteiger partial charge on any atom is 0.340 e. The Morgan fingerprint density at radius 2 is 1.86 bits per heavy atom. The fourth-order valence-corrected chi connectivity index (χ4v) is 3.29. The number of aryl methyl sites for hydroxylation is 2. The molecule has 6 heteroatoms. The van der Waals surface area contributed by atoms with E-state index in [9.17, 15) is 9.59 Å². The van der Waals surface area contributed by atoms with E-state index in [1.165, 1.54) is 12.3 Å². The Bertz CT molecular complexity index is 1070. The molecule has 0 aliphatic carbocycles. The first-order chi connectivity index (χ1) is 13.5. The number of esters is 1. The highest BCUT2D eigenvalue weighted by Crippen LogP contribution is 2.26. The zero-order valence-corrected chi connectivity index (χ0v) is 15.7. The maximum absolute atomic E-state index is 12.7. The molecule has 1 unspecified atom stereocenters. The first-order valence-electron chi connectivity index (χ1n) is 9.14. The van der Waals surface area contributed by atoms with Gasteiger partial charge in [-0.15, -0.1) is 0 Å². The van der Waals surface area contributed by atoms with Crippen molar-refractivity contribution in [3.63, 3.8) is 0 Å². The molecule has 1 saturated heterocycles. The zero-order valence-electron chi connectivity index (χ0n) is 15.7. The molecule has 6 nitrogen and oxygen atoms in total. The number of hydrogen-bond donors (Lipinski definition) is 0. The van der Waals surface area contributed by atoms with E-state index in [-0.39, 0.29) is 11.2 Å². The van der Waals surface area contributed by atoms with Gasteiger partial charge < -0.3 is 18.6 Å². The van der Waals surface area contributed by atoms with Crippen LogP contribution >= 0.6 is 0 Å². The Hall–Kier alpha value is -3.12. The normalized spacial score (nSPS) is 16.3. The van der Waals surface area contributed by atoms with Crippen LogP contribution in [-0.2, 0) is 9.53 Å². The number of hydrogen-bond acceptors (Lipinski definition) is 6. The molecule has 28 heavy (non-hydrogen) atoms. The highest BCUT2D eigenvalue weighted by Gasteiger charge is 2.25. The van der Waals surface area contributed by atoms with E-state index in [4.69, 9.17) is 18.6 Å². The van der Waals surface area contributed by atoms with Crippen molar-refractivity contribution in [1.82, 2.24) is 0 Å². The average molecular weight is 380 g/mol. The van der Waals surface area contributed by atoms with Crippen LogP contribution in [-0.4, -0.2) is 18.7 Å². The quantitative estimate of drug-likeness (QED) is 0.497. The maximum atomic E-state index is 12.7. The molecule has 0 amide bonds. The molecule has 1 aliphatic rings. The summed E-state index contributed by atoms with van der Waals surface area (Å²) in [6.45, 7) is 4.49. The summed E-state index contributed by atoms with van der Waals surface area (Å²) in [7, 11) is 0. The molecule has 4 rings (SSSR count). The van der Waals surface area contributed by atoms with Gasteiger partial charge in [-0.1, -0.05) is 6.07 Å². The van der Waals surface area contributed by atoms with Gasteiger partial charge in [-0.05, 0) is 62.1 Å². The standard InChI is InChI=1S/C22H20O6/c1-13-8-14(2)10-16(9-13)27-20-12-26-19-11-15(5-6-17(19)21(20)23)28-22(24)18-4-3-7-25-18/h5-6,8-12,18H,3-4,7H2,1-2H3. The monoisotopic (exact) mass is 380 g/mol. The summed E-state index contributed by atoms with van der Waals surface area (Å²) in [5, 5.41) is 0.346. The van der Waals surface area contributed by atoms with E-state index >= 15 is 0 Å². The van der Waals surface area contributed by atoms with Gasteiger partial charge in [-0.25, -0.2) is 4.79 Å². The second kappa shape index (κ2) is 7.48. The molecule has 3 aromatic rings. The van der Waals surface area contributed by atoms with Crippen molar-refractivity contribution in [2.75, 3.05) is 6.61 Å². The predicted molar refractivity (Wildman–Crippen MR) is 103 cm³/mol. The van der Waals surface area contributed by atoms with Crippen LogP contribution < -0.4 is 14.9 Å². The summed E-state index contributed by atoms with van der Waals surface area (Å²) in [5.74, 6) is 0.543. The van der Waals surface area contributed by atoms with Gasteiger partial charge in [0.25, 0.3) is 0 Å². The van der Waals surface area contributed by atoms with Crippen molar-refractivity contribution >= 4 is 16.9 Å². The molecular weight excluding hydrogens is 360 g/mol. The van der Waals surface area contributed by atoms with E-state index in [1.54, 1.807) is 12.1 Å². The number of carbonyl (C=O) groups is 1. The molecule has 0 saturated carbocycles. The van der Waals surface area contributed by atoms with Crippen molar-refractivity contribution in [1.29, 1.82) is 0 Å². The first kappa shape index (κ1) is 18.3. The molecule has 1 atom stereocenters. The Balaban J connectivity index is 1.59. The van der Waals surface area contributed by atoms with Gasteiger partial charge in [0.2, 0.25) is 11.2 Å². The van der Waals surface area contributed by atoms with Crippen molar-refractivity contribution in [2.45, 2.75) is 32.8 Å². The highest BCUT2D eigenvalue weighted by atomic mass is 16.6. The summed E-state index contributed by atoms with van der Waals surface area (Å²) in [6.07, 6.45) is 2.24. The highest BCUT2D eigenvalue weighted by molar-refractivity contribution is 5.82. The van der Waals surface area contributed by atoms with Crippen LogP contribution in [0.1, 0.15) is 24.0 Å². The lowest BCUT2D eigenvalue weighted by atomic mass is 10.1. The van der Waals surface area contributed by atoms with Crippen molar-refractivity contribution in [3.8, 4) is 17.2 Å².